The highest BCUT2D eigenvalue weighted by molar-refractivity contribution is 8.03. The molecule has 2 aromatic carbocycles. The summed E-state index contributed by atoms with van der Waals surface area (Å²) in [6.07, 6.45) is 6.29. The van der Waals surface area contributed by atoms with Gasteiger partial charge < -0.3 is 4.90 Å². The van der Waals surface area contributed by atoms with Crippen molar-refractivity contribution >= 4 is 79.4 Å². The van der Waals surface area contributed by atoms with E-state index in [0.29, 0.717) is 36.0 Å². The van der Waals surface area contributed by atoms with Crippen molar-refractivity contribution in [2.75, 3.05) is 23.8 Å². The summed E-state index contributed by atoms with van der Waals surface area (Å²) in [6.45, 7) is 3.58. The average molecular weight is 602 g/mol. The van der Waals surface area contributed by atoms with Crippen LogP contribution in [0.1, 0.15) is 31.2 Å². The molecule has 197 valence electrons. The molecule has 3 aromatic rings. The second kappa shape index (κ2) is 13.5. The molecule has 0 saturated carbocycles. The van der Waals surface area contributed by atoms with E-state index in [0.717, 1.165) is 42.8 Å². The summed E-state index contributed by atoms with van der Waals surface area (Å²) in [5.41, 5.74) is 3.15. The van der Waals surface area contributed by atoms with E-state index < -0.39 is 11.1 Å². The summed E-state index contributed by atoms with van der Waals surface area (Å²) in [4.78, 5) is 7.87. The summed E-state index contributed by atoms with van der Waals surface area (Å²) in [5.74, 6) is 0.107. The molecule has 0 amide bonds. The van der Waals surface area contributed by atoms with Crippen LogP contribution in [0.15, 0.2) is 58.0 Å². The molecule has 0 aliphatic carbocycles. The molecule has 0 spiro atoms. The monoisotopic (exact) mass is 600 g/mol. The van der Waals surface area contributed by atoms with Crippen molar-refractivity contribution < 1.29 is 28.5 Å². The van der Waals surface area contributed by atoms with E-state index in [-0.39, 0.29) is 12.4 Å². The Morgan fingerprint density at radius 3 is 2.73 bits per heavy atom. The molecular formula is C25H26Cl2N2O5S3+. The van der Waals surface area contributed by atoms with Crippen molar-refractivity contribution in [2.24, 2.45) is 0 Å². The molecule has 37 heavy (non-hydrogen) atoms. The van der Waals surface area contributed by atoms with Crippen LogP contribution in [0.3, 0.4) is 0 Å². The number of allylic oxidation sites excluding steroid dienone is 2. The van der Waals surface area contributed by atoms with E-state index in [2.05, 4.69) is 38.5 Å². The molecule has 0 fully saturated rings. The van der Waals surface area contributed by atoms with Crippen molar-refractivity contribution in [1.29, 1.82) is 0 Å². The number of benzene rings is 2. The molecular weight excluding hydrogens is 575 g/mol. The van der Waals surface area contributed by atoms with Gasteiger partial charge in [0, 0.05) is 40.0 Å². The van der Waals surface area contributed by atoms with Gasteiger partial charge in [0.25, 0.3) is 5.01 Å². The molecule has 1 aromatic heterocycles. The number of hydrogen-bond donors (Lipinski definition) is 1. The molecule has 1 atom stereocenters. The van der Waals surface area contributed by atoms with Crippen LogP contribution >= 0.6 is 46.3 Å². The number of anilines is 1. The lowest BCUT2D eigenvalue weighted by Crippen LogP contribution is -2.35. The number of thioether (sulfide) groups is 1. The fourth-order valence-electron chi connectivity index (χ4n) is 4.05. The SMILES string of the molecule is CCC(/C=C1\Sc2ccc(Cl)cc2N1CCCS([O])=O)=C\c1sc2ccc(Cl)cc2[n+]1CCCOOO. The standard InChI is InChI=1S/C25H25Cl2N2O5S3/c1-2-17(13-24-28(9-3-11-33-34-30)20-15-18(26)5-7-22(20)35-24)14-25-29(10-4-12-37(31)32)21-16-19(27)6-8-23(21)36-25/h5-8,13-16H,2-4,9-12H2,1H3/p+1. The van der Waals surface area contributed by atoms with E-state index in [9.17, 15) is 8.76 Å². The van der Waals surface area contributed by atoms with Crippen LogP contribution in [-0.4, -0.2) is 28.4 Å². The number of nitrogens with zero attached hydrogens (tertiary/aromatic N) is 2. The minimum atomic E-state index is -2.08. The Bertz CT molecular complexity index is 1350. The Balaban J connectivity index is 1.68. The number of aryl methyl sites for hydroxylation is 1. The molecule has 4 rings (SSSR count). The Hall–Kier alpha value is -1.47. The van der Waals surface area contributed by atoms with Gasteiger partial charge in [0.1, 0.15) is 4.70 Å². The zero-order chi connectivity index (χ0) is 26.4. The van der Waals surface area contributed by atoms with Gasteiger partial charge in [-0.25, -0.2) is 14.4 Å². The zero-order valence-corrected chi connectivity index (χ0v) is 24.0. The van der Waals surface area contributed by atoms with Crippen LogP contribution in [0.5, 0.6) is 0 Å². The molecule has 1 radical (unpaired) electrons. The highest BCUT2D eigenvalue weighted by atomic mass is 35.5. The van der Waals surface area contributed by atoms with Gasteiger partial charge in [-0.3, -0.25) is 0 Å². The van der Waals surface area contributed by atoms with Gasteiger partial charge in [0.15, 0.2) is 17.6 Å². The van der Waals surface area contributed by atoms with E-state index in [1.165, 1.54) is 0 Å². The number of rotatable bonds is 12. The number of hydrogen-bond acceptors (Lipinski definition) is 7. The molecule has 1 N–H and O–H groups in total. The zero-order valence-electron chi connectivity index (χ0n) is 20.0. The van der Waals surface area contributed by atoms with Crippen molar-refractivity contribution in [3.05, 3.63) is 68.1 Å². The predicted octanol–water partition coefficient (Wildman–Crippen LogP) is 7.04. The molecule has 0 saturated heterocycles. The molecule has 12 heteroatoms. The van der Waals surface area contributed by atoms with Gasteiger partial charge in [-0.2, -0.15) is 4.57 Å². The number of fused-ring (bicyclic) bond motifs is 2. The highest BCUT2D eigenvalue weighted by Crippen LogP contribution is 2.47. The maximum Gasteiger partial charge on any atom is 0.263 e. The Morgan fingerprint density at radius 1 is 1.19 bits per heavy atom. The maximum atomic E-state index is 11.1. The van der Waals surface area contributed by atoms with E-state index >= 15 is 0 Å². The van der Waals surface area contributed by atoms with Crippen LogP contribution in [0.2, 0.25) is 10.0 Å². The van der Waals surface area contributed by atoms with Crippen LogP contribution in [0.25, 0.3) is 16.3 Å². The lowest BCUT2D eigenvalue weighted by Gasteiger charge is -2.20. The minimum absolute atomic E-state index is 0.107. The first kappa shape index (κ1) is 28.5. The Morgan fingerprint density at radius 2 is 1.97 bits per heavy atom. The van der Waals surface area contributed by atoms with Gasteiger partial charge in [-0.15, -0.1) is 4.55 Å². The fraction of sp³-hybridized carbons (Fsp3) is 0.320. The second-order valence-corrected chi connectivity index (χ2v) is 12.2. The minimum Gasteiger partial charge on any atom is -0.335 e. The number of aromatic nitrogens is 1. The van der Waals surface area contributed by atoms with E-state index in [1.54, 1.807) is 23.1 Å². The third-order valence-corrected chi connectivity index (χ3v) is 9.08. The van der Waals surface area contributed by atoms with Crippen molar-refractivity contribution in [3.8, 4) is 0 Å². The van der Waals surface area contributed by atoms with Gasteiger partial charge in [-0.05, 0) is 54.8 Å². The van der Waals surface area contributed by atoms with Crippen molar-refractivity contribution in [1.82, 2.24) is 0 Å². The smallest absolute Gasteiger partial charge is 0.263 e. The quantitative estimate of drug-likeness (QED) is 0.104. The Kier molecular flexibility index (Phi) is 10.4. The Labute approximate surface area is 236 Å². The third kappa shape index (κ3) is 7.35. The fourth-order valence-corrected chi connectivity index (χ4v) is 7.03. The number of halogens is 2. The van der Waals surface area contributed by atoms with Crippen LogP contribution in [-0.2, 0) is 32.1 Å². The van der Waals surface area contributed by atoms with Gasteiger partial charge in [0.05, 0.1) is 23.1 Å². The summed E-state index contributed by atoms with van der Waals surface area (Å²) in [6, 6.07) is 11.6. The maximum absolute atomic E-state index is 11.1. The lowest BCUT2D eigenvalue weighted by molar-refractivity contribution is -0.670. The summed E-state index contributed by atoms with van der Waals surface area (Å²) in [7, 11) is 0. The third-order valence-electron chi connectivity index (χ3n) is 5.77. The normalized spacial score (nSPS) is 15.6. The van der Waals surface area contributed by atoms with Crippen LogP contribution < -0.4 is 9.47 Å². The van der Waals surface area contributed by atoms with Crippen molar-refractivity contribution in [3.63, 3.8) is 0 Å². The molecule has 0 bridgehead atoms. The first-order valence-electron chi connectivity index (χ1n) is 11.7. The predicted molar refractivity (Wildman–Crippen MR) is 151 cm³/mol. The van der Waals surface area contributed by atoms with Crippen LogP contribution in [0, 0.1) is 0 Å². The molecule has 7 nitrogen and oxygen atoms in total. The highest BCUT2D eigenvalue weighted by Gasteiger charge is 2.26. The molecule has 1 aliphatic rings. The van der Waals surface area contributed by atoms with Gasteiger partial charge >= 0.3 is 0 Å². The van der Waals surface area contributed by atoms with Gasteiger partial charge in [0.2, 0.25) is 5.52 Å². The van der Waals surface area contributed by atoms with E-state index in [1.807, 2.05) is 36.4 Å². The summed E-state index contributed by atoms with van der Waals surface area (Å²) < 4.78 is 25.5. The number of thiazole rings is 1. The molecule has 1 aliphatic heterocycles. The largest absolute Gasteiger partial charge is 0.335 e. The second-order valence-electron chi connectivity index (χ2n) is 8.24. The first-order valence-corrected chi connectivity index (χ1v) is 15.3. The first-order chi connectivity index (χ1) is 17.9. The summed E-state index contributed by atoms with van der Waals surface area (Å²) in [5, 5.41) is 15.6. The van der Waals surface area contributed by atoms with Crippen molar-refractivity contribution in [2.45, 2.75) is 37.6 Å². The lowest BCUT2D eigenvalue weighted by atomic mass is 10.2. The van der Waals surface area contributed by atoms with Crippen LogP contribution in [0.4, 0.5) is 5.69 Å². The van der Waals surface area contributed by atoms with E-state index in [4.69, 9.17) is 28.5 Å². The molecule has 2 heterocycles. The molecule has 1 unspecified atom stereocenters. The summed E-state index contributed by atoms with van der Waals surface area (Å²) >= 11 is 13.8. The van der Waals surface area contributed by atoms with Gasteiger partial charge in [-0.1, -0.05) is 58.3 Å². The topological polar surface area (TPSA) is 82.8 Å². The average Bonchev–Trinajstić information content (AvgIpc) is 3.38.